The van der Waals surface area contributed by atoms with Gasteiger partial charge in [-0.2, -0.15) is 0 Å². The highest BCUT2D eigenvalue weighted by molar-refractivity contribution is 9.10. The number of halogens is 1. The molecule has 20 heavy (non-hydrogen) atoms. The lowest BCUT2D eigenvalue weighted by molar-refractivity contribution is 0.0947. The van der Waals surface area contributed by atoms with E-state index in [1.165, 1.54) is 0 Å². The first-order valence-electron chi connectivity index (χ1n) is 6.14. The molecule has 104 valence electrons. The van der Waals surface area contributed by atoms with Gasteiger partial charge in [-0.3, -0.25) is 9.78 Å². The van der Waals surface area contributed by atoms with Crippen LogP contribution in [0.3, 0.4) is 0 Å². The predicted molar refractivity (Wildman–Crippen MR) is 80.8 cm³/mol. The number of benzene rings is 1. The summed E-state index contributed by atoms with van der Waals surface area (Å²) in [7, 11) is 1.54. The summed E-state index contributed by atoms with van der Waals surface area (Å²) in [6.07, 6.45) is 1.72. The fraction of sp³-hybridized carbons (Fsp3) is 0.200. The molecule has 0 saturated heterocycles. The monoisotopic (exact) mass is 334 g/mol. The van der Waals surface area contributed by atoms with E-state index >= 15 is 0 Å². The molecule has 0 aliphatic heterocycles. The first-order chi connectivity index (χ1) is 9.61. The number of carbonyl (C=O) groups is 1. The first kappa shape index (κ1) is 14.5. The predicted octanol–water partition coefficient (Wildman–Crippen LogP) is 3.09. The molecule has 0 unspecified atom stereocenters. The molecule has 0 radical (unpaired) electrons. The van der Waals surface area contributed by atoms with Gasteiger partial charge in [0, 0.05) is 10.7 Å². The lowest BCUT2D eigenvalue weighted by Crippen LogP contribution is -2.24. The molecule has 5 heteroatoms. The normalized spacial score (nSPS) is 10.2. The number of amides is 1. The number of nitrogens with zero attached hydrogens (tertiary/aromatic N) is 1. The molecule has 1 aromatic carbocycles. The van der Waals surface area contributed by atoms with Crippen LogP contribution < -0.4 is 10.1 Å². The molecule has 0 spiro atoms. The summed E-state index contributed by atoms with van der Waals surface area (Å²) in [6.45, 7) is 2.36. The third-order valence-electron chi connectivity index (χ3n) is 2.94. The summed E-state index contributed by atoms with van der Waals surface area (Å²) in [5.74, 6) is 0.356. The summed E-state index contributed by atoms with van der Waals surface area (Å²) < 4.78 is 6.08. The maximum Gasteiger partial charge on any atom is 0.255 e. The Balaban J connectivity index is 2.11. The Labute approximate surface area is 126 Å². The van der Waals surface area contributed by atoms with Gasteiger partial charge in [-0.05, 0) is 36.8 Å². The summed E-state index contributed by atoms with van der Waals surface area (Å²) in [5, 5.41) is 2.85. The van der Waals surface area contributed by atoms with Crippen LogP contribution in [0, 0.1) is 6.92 Å². The van der Waals surface area contributed by atoms with E-state index in [1.54, 1.807) is 25.4 Å². The number of nitrogens with one attached hydrogen (secondary N) is 1. The molecule has 0 fully saturated rings. The number of methoxy groups -OCH3 is 1. The number of ether oxygens (including phenoxy) is 1. The molecule has 1 heterocycles. The standard InChI is InChI=1S/C15H15BrN2O2/c1-10-4-3-7-17-13(10)9-18-15(19)12-6-5-11(16)8-14(12)20-2/h3-8H,9H2,1-2H3,(H,18,19). The Hall–Kier alpha value is -1.88. The lowest BCUT2D eigenvalue weighted by atomic mass is 10.1. The van der Waals surface area contributed by atoms with Crippen molar-refractivity contribution in [2.75, 3.05) is 7.11 Å². The van der Waals surface area contributed by atoms with Crippen LogP contribution in [-0.4, -0.2) is 18.0 Å². The second-order valence-electron chi connectivity index (χ2n) is 4.29. The van der Waals surface area contributed by atoms with E-state index in [2.05, 4.69) is 26.2 Å². The van der Waals surface area contributed by atoms with E-state index < -0.39 is 0 Å². The third-order valence-corrected chi connectivity index (χ3v) is 3.44. The van der Waals surface area contributed by atoms with Crippen LogP contribution in [0.15, 0.2) is 41.0 Å². The fourth-order valence-electron chi connectivity index (χ4n) is 1.82. The van der Waals surface area contributed by atoms with E-state index in [9.17, 15) is 4.79 Å². The minimum absolute atomic E-state index is 0.181. The molecule has 4 nitrogen and oxygen atoms in total. The number of pyridine rings is 1. The maximum absolute atomic E-state index is 12.2. The largest absolute Gasteiger partial charge is 0.496 e. The molecule has 1 aromatic heterocycles. The van der Waals surface area contributed by atoms with Crippen LogP contribution >= 0.6 is 15.9 Å². The SMILES string of the molecule is COc1cc(Br)ccc1C(=O)NCc1ncccc1C. The maximum atomic E-state index is 12.2. The van der Waals surface area contributed by atoms with Crippen molar-refractivity contribution in [1.29, 1.82) is 0 Å². The van der Waals surface area contributed by atoms with Crippen LogP contribution in [0.4, 0.5) is 0 Å². The van der Waals surface area contributed by atoms with Crippen molar-refractivity contribution in [2.45, 2.75) is 13.5 Å². The smallest absolute Gasteiger partial charge is 0.255 e. The minimum atomic E-state index is -0.181. The van der Waals surface area contributed by atoms with Crippen molar-refractivity contribution in [2.24, 2.45) is 0 Å². The zero-order valence-corrected chi connectivity index (χ0v) is 12.9. The Morgan fingerprint density at radius 3 is 2.90 bits per heavy atom. The zero-order valence-electron chi connectivity index (χ0n) is 11.3. The van der Waals surface area contributed by atoms with Crippen molar-refractivity contribution >= 4 is 21.8 Å². The third kappa shape index (κ3) is 3.36. The van der Waals surface area contributed by atoms with Crippen LogP contribution in [0.5, 0.6) is 5.75 Å². The number of aryl methyl sites for hydroxylation is 1. The van der Waals surface area contributed by atoms with Gasteiger partial charge in [0.25, 0.3) is 5.91 Å². The summed E-state index contributed by atoms with van der Waals surface area (Å²) in [4.78, 5) is 16.4. The Morgan fingerprint density at radius 1 is 1.40 bits per heavy atom. The van der Waals surface area contributed by atoms with Crippen LogP contribution in [-0.2, 0) is 6.54 Å². The van der Waals surface area contributed by atoms with Gasteiger partial charge in [0.05, 0.1) is 24.9 Å². The minimum Gasteiger partial charge on any atom is -0.496 e. The molecule has 0 bridgehead atoms. The Morgan fingerprint density at radius 2 is 2.20 bits per heavy atom. The Bertz CT molecular complexity index is 629. The van der Waals surface area contributed by atoms with Crippen molar-refractivity contribution in [1.82, 2.24) is 10.3 Å². The molecule has 1 N–H and O–H groups in total. The fourth-order valence-corrected chi connectivity index (χ4v) is 2.16. The van der Waals surface area contributed by atoms with Gasteiger partial charge < -0.3 is 10.1 Å². The van der Waals surface area contributed by atoms with Crippen molar-refractivity contribution in [3.63, 3.8) is 0 Å². The molecule has 0 atom stereocenters. The number of aromatic nitrogens is 1. The topological polar surface area (TPSA) is 51.2 Å². The Kier molecular flexibility index (Phi) is 4.74. The van der Waals surface area contributed by atoms with E-state index in [1.807, 2.05) is 25.1 Å². The van der Waals surface area contributed by atoms with Gasteiger partial charge in [-0.15, -0.1) is 0 Å². The molecule has 1 amide bonds. The van der Waals surface area contributed by atoms with E-state index in [0.29, 0.717) is 17.9 Å². The summed E-state index contributed by atoms with van der Waals surface area (Å²) >= 11 is 3.35. The number of hydrogen-bond acceptors (Lipinski definition) is 3. The molecule has 0 aliphatic carbocycles. The molecule has 2 rings (SSSR count). The summed E-state index contributed by atoms with van der Waals surface area (Å²) in [6, 6.07) is 9.14. The van der Waals surface area contributed by atoms with Crippen LogP contribution in [0.1, 0.15) is 21.6 Å². The van der Waals surface area contributed by atoms with Gasteiger partial charge in [-0.25, -0.2) is 0 Å². The van der Waals surface area contributed by atoms with Gasteiger partial charge in [0.2, 0.25) is 0 Å². The molecule has 0 saturated carbocycles. The zero-order chi connectivity index (χ0) is 14.5. The van der Waals surface area contributed by atoms with Crippen molar-refractivity contribution in [3.8, 4) is 5.75 Å². The van der Waals surface area contributed by atoms with Gasteiger partial charge in [-0.1, -0.05) is 22.0 Å². The highest BCUT2D eigenvalue weighted by Gasteiger charge is 2.12. The van der Waals surface area contributed by atoms with E-state index in [-0.39, 0.29) is 5.91 Å². The van der Waals surface area contributed by atoms with Crippen molar-refractivity contribution in [3.05, 3.63) is 57.8 Å². The molecule has 2 aromatic rings. The average molecular weight is 335 g/mol. The average Bonchev–Trinajstić information content (AvgIpc) is 2.46. The number of rotatable bonds is 4. The number of carbonyl (C=O) groups excluding carboxylic acids is 1. The van der Waals surface area contributed by atoms with Gasteiger partial charge in [0.1, 0.15) is 5.75 Å². The lowest BCUT2D eigenvalue weighted by Gasteiger charge is -2.10. The van der Waals surface area contributed by atoms with E-state index in [4.69, 9.17) is 4.74 Å². The highest BCUT2D eigenvalue weighted by Crippen LogP contribution is 2.23. The number of hydrogen-bond donors (Lipinski definition) is 1. The van der Waals surface area contributed by atoms with Gasteiger partial charge in [0.15, 0.2) is 0 Å². The van der Waals surface area contributed by atoms with Crippen LogP contribution in [0.2, 0.25) is 0 Å². The highest BCUT2D eigenvalue weighted by atomic mass is 79.9. The first-order valence-corrected chi connectivity index (χ1v) is 6.93. The second kappa shape index (κ2) is 6.52. The summed E-state index contributed by atoms with van der Waals surface area (Å²) in [5.41, 5.74) is 2.41. The quantitative estimate of drug-likeness (QED) is 0.934. The van der Waals surface area contributed by atoms with E-state index in [0.717, 1.165) is 15.7 Å². The van der Waals surface area contributed by atoms with Crippen LogP contribution in [0.25, 0.3) is 0 Å². The molecular weight excluding hydrogens is 320 g/mol. The molecular formula is C15H15BrN2O2. The van der Waals surface area contributed by atoms with Crippen molar-refractivity contribution < 1.29 is 9.53 Å². The molecule has 0 aliphatic rings. The van der Waals surface area contributed by atoms with Gasteiger partial charge >= 0.3 is 0 Å². The second-order valence-corrected chi connectivity index (χ2v) is 5.21.